The number of hydrogen-bond donors (Lipinski definition) is 4. The third-order valence-electron chi connectivity index (χ3n) is 2.70. The van der Waals surface area contributed by atoms with Gasteiger partial charge in [0.25, 0.3) is 5.56 Å². The van der Waals surface area contributed by atoms with E-state index in [1.165, 1.54) is 12.3 Å². The highest BCUT2D eigenvalue weighted by molar-refractivity contribution is 7.90. The molecular formula is C13H14N4O2S. The van der Waals surface area contributed by atoms with Gasteiger partial charge in [0.05, 0.1) is 0 Å². The van der Waals surface area contributed by atoms with Gasteiger partial charge in [-0.05, 0) is 41.5 Å². The third kappa shape index (κ3) is 3.01. The summed E-state index contributed by atoms with van der Waals surface area (Å²) in [5.41, 5.74) is 6.22. The van der Waals surface area contributed by atoms with Gasteiger partial charge in [0.2, 0.25) is 0 Å². The van der Waals surface area contributed by atoms with E-state index in [-0.39, 0.29) is 17.1 Å². The normalized spacial score (nSPS) is 11.9. The maximum atomic E-state index is 11.7. The van der Waals surface area contributed by atoms with Crippen LogP contribution in [0.2, 0.25) is 0 Å². The molecule has 0 spiro atoms. The van der Waals surface area contributed by atoms with Crippen LogP contribution >= 0.6 is 0 Å². The monoisotopic (exact) mass is 290 g/mol. The minimum atomic E-state index is -1.05. The molecule has 5 N–H and O–H groups in total. The number of nitrogen functional groups attached to an aromatic ring is 1. The number of aromatic amines is 1. The molecule has 0 aliphatic rings. The lowest BCUT2D eigenvalue weighted by molar-refractivity contribution is 0.601. The molecular weight excluding hydrogens is 276 g/mol. The molecule has 1 aromatic carbocycles. The van der Waals surface area contributed by atoms with Gasteiger partial charge in [-0.2, -0.15) is 0 Å². The van der Waals surface area contributed by atoms with Gasteiger partial charge in [0.1, 0.15) is 17.7 Å². The lowest BCUT2D eigenvalue weighted by Gasteiger charge is -2.10. The smallest absolute Gasteiger partial charge is 0.261 e. The van der Waals surface area contributed by atoms with E-state index in [2.05, 4.69) is 10.3 Å². The summed E-state index contributed by atoms with van der Waals surface area (Å²) in [5.74, 6) is -0.0882. The third-order valence-corrected chi connectivity index (χ3v) is 3.63. The van der Waals surface area contributed by atoms with Gasteiger partial charge < -0.3 is 20.6 Å². The van der Waals surface area contributed by atoms with Crippen LogP contribution in [0.5, 0.6) is 0 Å². The lowest BCUT2D eigenvalue weighted by Crippen LogP contribution is -2.24. The van der Waals surface area contributed by atoms with E-state index in [1.807, 2.05) is 0 Å². The van der Waals surface area contributed by atoms with Gasteiger partial charge in [-0.3, -0.25) is 10.2 Å². The zero-order valence-electron chi connectivity index (χ0n) is 10.8. The van der Waals surface area contributed by atoms with E-state index < -0.39 is 16.7 Å². The van der Waals surface area contributed by atoms with Crippen LogP contribution in [0, 0.1) is 5.41 Å². The minimum Gasteiger partial charge on any atom is -0.612 e. The average Bonchev–Trinajstić information content (AvgIpc) is 2.39. The number of hydrogen-bond acceptors (Lipinski definition) is 4. The van der Waals surface area contributed by atoms with E-state index in [0.717, 1.165) is 0 Å². The molecule has 0 saturated heterocycles. The highest BCUT2D eigenvalue weighted by Crippen LogP contribution is 2.15. The second kappa shape index (κ2) is 5.81. The van der Waals surface area contributed by atoms with Crippen molar-refractivity contribution in [1.29, 1.82) is 5.41 Å². The van der Waals surface area contributed by atoms with Crippen molar-refractivity contribution in [3.05, 3.63) is 52.4 Å². The van der Waals surface area contributed by atoms with Crippen molar-refractivity contribution < 1.29 is 4.55 Å². The van der Waals surface area contributed by atoms with Crippen molar-refractivity contribution in [3.63, 3.8) is 0 Å². The van der Waals surface area contributed by atoms with Crippen molar-refractivity contribution in [2.75, 3.05) is 17.3 Å². The maximum absolute atomic E-state index is 11.7. The Labute approximate surface area is 118 Å². The molecule has 0 aliphatic carbocycles. The van der Waals surface area contributed by atoms with Crippen LogP contribution in [-0.2, 0) is 11.2 Å². The molecule has 0 amide bonds. The first-order valence-electron chi connectivity index (χ1n) is 5.75. The Hall–Kier alpha value is -2.25. The fraction of sp³-hybridized carbons (Fsp3) is 0.0769. The molecule has 2 aromatic rings. The van der Waals surface area contributed by atoms with Gasteiger partial charge in [-0.1, -0.05) is 0 Å². The van der Waals surface area contributed by atoms with Gasteiger partial charge >= 0.3 is 0 Å². The van der Waals surface area contributed by atoms with Gasteiger partial charge in [-0.25, -0.2) is 0 Å². The van der Waals surface area contributed by atoms with Crippen LogP contribution in [-0.4, -0.2) is 21.6 Å². The molecule has 0 bridgehead atoms. The molecule has 0 aliphatic heterocycles. The van der Waals surface area contributed by atoms with E-state index in [4.69, 9.17) is 11.1 Å². The Morgan fingerprint density at radius 2 is 2.00 bits per heavy atom. The fourth-order valence-electron chi connectivity index (χ4n) is 1.69. The van der Waals surface area contributed by atoms with Crippen molar-refractivity contribution in [2.24, 2.45) is 0 Å². The first kappa shape index (κ1) is 14.2. The minimum absolute atomic E-state index is 0.0882. The predicted octanol–water partition coefficient (Wildman–Crippen LogP) is 1.13. The summed E-state index contributed by atoms with van der Waals surface area (Å²) in [6.45, 7) is 0. The number of pyridine rings is 1. The summed E-state index contributed by atoms with van der Waals surface area (Å²) in [6.07, 6.45) is 3.02. The number of amidine groups is 1. The quantitative estimate of drug-likeness (QED) is 0.385. The number of rotatable bonds is 3. The van der Waals surface area contributed by atoms with Crippen molar-refractivity contribution >= 4 is 28.4 Å². The second-order valence-corrected chi connectivity index (χ2v) is 5.50. The summed E-state index contributed by atoms with van der Waals surface area (Å²) in [5, 5.41) is 10.7. The maximum Gasteiger partial charge on any atom is 0.261 e. The zero-order chi connectivity index (χ0) is 14.7. The molecule has 6 nitrogen and oxygen atoms in total. The first-order chi connectivity index (χ1) is 9.49. The Kier molecular flexibility index (Phi) is 4.11. The molecule has 104 valence electrons. The largest absolute Gasteiger partial charge is 0.612 e. The molecule has 0 fully saturated rings. The van der Waals surface area contributed by atoms with Crippen molar-refractivity contribution in [3.8, 4) is 0 Å². The van der Waals surface area contributed by atoms with Crippen molar-refractivity contribution in [1.82, 2.24) is 4.98 Å². The summed E-state index contributed by atoms with van der Waals surface area (Å²) in [4.78, 5) is 14.8. The summed E-state index contributed by atoms with van der Waals surface area (Å²) in [7, 11) is 0. The second-order valence-electron chi connectivity index (χ2n) is 4.12. The number of aromatic nitrogens is 1. The van der Waals surface area contributed by atoms with Crippen LogP contribution in [0.3, 0.4) is 0 Å². The number of H-pyrrole nitrogens is 1. The van der Waals surface area contributed by atoms with E-state index in [9.17, 15) is 9.35 Å². The Bertz CT molecular complexity index is 680. The standard InChI is InChI=1S/C13H14N4O2S/c1-20(19)9-4-2-8(3-5-9)17-12(15)11-10(14)6-7-16-13(11)18/h2-7H,1H3,(H2,15,17)(H3,14,16,18). The Morgan fingerprint density at radius 1 is 1.35 bits per heavy atom. The van der Waals surface area contributed by atoms with Crippen LogP contribution in [0.25, 0.3) is 0 Å². The van der Waals surface area contributed by atoms with Gasteiger partial charge in [-0.15, -0.1) is 0 Å². The highest BCUT2D eigenvalue weighted by Gasteiger charge is 2.11. The molecule has 1 atom stereocenters. The van der Waals surface area contributed by atoms with Crippen LogP contribution in [0.15, 0.2) is 46.2 Å². The van der Waals surface area contributed by atoms with E-state index >= 15 is 0 Å². The predicted molar refractivity (Wildman–Crippen MR) is 80.7 cm³/mol. The summed E-state index contributed by atoms with van der Waals surface area (Å²) in [6, 6.07) is 8.31. The Balaban J connectivity index is 2.22. The molecule has 0 radical (unpaired) electrons. The van der Waals surface area contributed by atoms with Crippen LogP contribution in [0.4, 0.5) is 11.4 Å². The van der Waals surface area contributed by atoms with Gasteiger partial charge in [0, 0.05) is 17.6 Å². The highest BCUT2D eigenvalue weighted by atomic mass is 32.2. The molecule has 1 aromatic heterocycles. The van der Waals surface area contributed by atoms with Crippen LogP contribution < -0.4 is 16.6 Å². The van der Waals surface area contributed by atoms with Crippen molar-refractivity contribution in [2.45, 2.75) is 4.90 Å². The van der Waals surface area contributed by atoms with E-state index in [1.54, 1.807) is 30.5 Å². The number of nitrogens with two attached hydrogens (primary N) is 1. The molecule has 20 heavy (non-hydrogen) atoms. The lowest BCUT2D eigenvalue weighted by atomic mass is 10.2. The first-order valence-corrected chi connectivity index (χ1v) is 7.31. The van der Waals surface area contributed by atoms with Crippen LogP contribution in [0.1, 0.15) is 5.56 Å². The molecule has 7 heteroatoms. The molecule has 1 heterocycles. The zero-order valence-corrected chi connectivity index (χ0v) is 11.6. The Morgan fingerprint density at radius 3 is 2.55 bits per heavy atom. The number of benzene rings is 1. The summed E-state index contributed by atoms with van der Waals surface area (Å²) >= 11 is -1.05. The average molecular weight is 290 g/mol. The SMILES string of the molecule is C[S+]([O-])c1ccc(NC(=N)c2c(N)cc[nH]c2=O)cc1. The fourth-order valence-corrected chi connectivity index (χ4v) is 2.21. The van der Waals surface area contributed by atoms with Gasteiger partial charge in [0.15, 0.2) is 4.90 Å². The number of anilines is 2. The number of nitrogens with one attached hydrogen (secondary N) is 3. The summed E-state index contributed by atoms with van der Waals surface area (Å²) < 4.78 is 11.3. The van der Waals surface area contributed by atoms with E-state index in [0.29, 0.717) is 10.6 Å². The molecule has 2 rings (SSSR count). The topological polar surface area (TPSA) is 118 Å². The molecule has 0 saturated carbocycles. The molecule has 1 unspecified atom stereocenters.